The lowest BCUT2D eigenvalue weighted by atomic mass is 10.1. The fourth-order valence-corrected chi connectivity index (χ4v) is 2.03. The van der Waals surface area contributed by atoms with E-state index in [4.69, 9.17) is 5.73 Å². The summed E-state index contributed by atoms with van der Waals surface area (Å²) < 4.78 is 0. The number of quaternary nitrogens is 1. The van der Waals surface area contributed by atoms with E-state index in [1.165, 1.54) is 13.1 Å². The number of nitrogens with two attached hydrogens (primary N) is 2. The summed E-state index contributed by atoms with van der Waals surface area (Å²) in [6.45, 7) is 6.89. The molecule has 1 aliphatic heterocycles. The largest absolute Gasteiger partial charge is 0.370 e. The molecule has 0 aromatic rings. The first-order valence-electron chi connectivity index (χ1n) is 5.56. The Kier molecular flexibility index (Phi) is 4.90. The molecule has 1 rings (SSSR count). The van der Waals surface area contributed by atoms with Gasteiger partial charge in [0.2, 0.25) is 5.91 Å². The highest BCUT2D eigenvalue weighted by molar-refractivity contribution is 5.73. The van der Waals surface area contributed by atoms with Crippen LogP contribution in [0.1, 0.15) is 26.2 Å². The van der Waals surface area contributed by atoms with Gasteiger partial charge >= 0.3 is 0 Å². The molecule has 0 spiro atoms. The van der Waals surface area contributed by atoms with Crippen LogP contribution in [-0.4, -0.2) is 43.0 Å². The molecular formula is C10H22N3O+. The van der Waals surface area contributed by atoms with Gasteiger partial charge in [-0.2, -0.15) is 0 Å². The van der Waals surface area contributed by atoms with E-state index in [1.807, 2.05) is 0 Å². The zero-order valence-corrected chi connectivity index (χ0v) is 9.04. The molecule has 0 aromatic heterocycles. The molecule has 1 saturated heterocycles. The van der Waals surface area contributed by atoms with Crippen molar-refractivity contribution in [3.8, 4) is 0 Å². The van der Waals surface area contributed by atoms with Crippen LogP contribution in [0.25, 0.3) is 0 Å². The van der Waals surface area contributed by atoms with E-state index in [1.54, 1.807) is 0 Å². The highest BCUT2D eigenvalue weighted by Gasteiger charge is 2.20. The third-order valence-electron chi connectivity index (χ3n) is 2.88. The summed E-state index contributed by atoms with van der Waals surface area (Å²) in [7, 11) is 0. The van der Waals surface area contributed by atoms with Gasteiger partial charge in [-0.25, -0.2) is 0 Å². The lowest BCUT2D eigenvalue weighted by Crippen LogP contribution is -2.95. The van der Waals surface area contributed by atoms with Crippen LogP contribution in [0.2, 0.25) is 0 Å². The van der Waals surface area contributed by atoms with Crippen LogP contribution in [0.15, 0.2) is 0 Å². The number of carbonyl (C=O) groups excluding carboxylic acids is 1. The number of carbonyl (C=O) groups is 1. The Morgan fingerprint density at radius 2 is 2.43 bits per heavy atom. The third-order valence-corrected chi connectivity index (χ3v) is 2.88. The van der Waals surface area contributed by atoms with E-state index < -0.39 is 0 Å². The minimum absolute atomic E-state index is 0.173. The molecule has 14 heavy (non-hydrogen) atoms. The van der Waals surface area contributed by atoms with Crippen LogP contribution in [-0.2, 0) is 4.79 Å². The molecular weight excluding hydrogens is 178 g/mol. The second-order valence-corrected chi connectivity index (χ2v) is 4.04. The summed E-state index contributed by atoms with van der Waals surface area (Å²) in [5, 5.41) is 2.40. The lowest BCUT2D eigenvalue weighted by molar-refractivity contribution is -0.698. The molecule has 1 fully saturated rings. The first kappa shape index (κ1) is 11.5. The molecule has 0 radical (unpaired) electrons. The highest BCUT2D eigenvalue weighted by Crippen LogP contribution is 2.02. The molecule has 0 bridgehead atoms. The van der Waals surface area contributed by atoms with Crippen molar-refractivity contribution in [2.24, 2.45) is 5.73 Å². The van der Waals surface area contributed by atoms with Gasteiger partial charge in [0, 0.05) is 19.4 Å². The van der Waals surface area contributed by atoms with E-state index in [-0.39, 0.29) is 5.91 Å². The van der Waals surface area contributed by atoms with Crippen LogP contribution in [0.5, 0.6) is 0 Å². The highest BCUT2D eigenvalue weighted by atomic mass is 16.1. The predicted molar refractivity (Wildman–Crippen MR) is 55.7 cm³/mol. The van der Waals surface area contributed by atoms with Crippen molar-refractivity contribution in [2.75, 3.05) is 26.2 Å². The topological polar surface area (TPSA) is 62.9 Å². The molecule has 4 N–H and O–H groups in total. The van der Waals surface area contributed by atoms with Gasteiger partial charge in [-0.15, -0.1) is 0 Å². The van der Waals surface area contributed by atoms with Crippen LogP contribution < -0.4 is 11.1 Å². The standard InChI is InChI=1S/C10H21N3O/c1-2-13-7-6-12-9(8-13)4-3-5-10(11)14/h9,12H,2-8H2,1H3,(H2,11,14)/p+1. The SMILES string of the molecule is CCN1CC[NH2+]C(CCCC(N)=O)C1. The first-order chi connectivity index (χ1) is 6.72. The van der Waals surface area contributed by atoms with E-state index in [2.05, 4.69) is 17.1 Å². The van der Waals surface area contributed by atoms with Crippen molar-refractivity contribution in [1.29, 1.82) is 0 Å². The average Bonchev–Trinajstić information content (AvgIpc) is 2.18. The van der Waals surface area contributed by atoms with Crippen LogP contribution in [0.3, 0.4) is 0 Å². The van der Waals surface area contributed by atoms with Crippen LogP contribution in [0.4, 0.5) is 0 Å². The van der Waals surface area contributed by atoms with Crippen molar-refractivity contribution in [1.82, 2.24) is 4.90 Å². The number of primary amides is 1. The Balaban J connectivity index is 2.14. The molecule has 0 aromatic carbocycles. The summed E-state index contributed by atoms with van der Waals surface area (Å²) in [4.78, 5) is 13.0. The average molecular weight is 200 g/mol. The molecule has 1 heterocycles. The monoisotopic (exact) mass is 200 g/mol. The van der Waals surface area contributed by atoms with Gasteiger partial charge in [0.05, 0.1) is 19.1 Å². The maximum atomic E-state index is 10.6. The first-order valence-corrected chi connectivity index (χ1v) is 5.56. The van der Waals surface area contributed by atoms with Crippen molar-refractivity contribution in [2.45, 2.75) is 32.2 Å². The summed E-state index contributed by atoms with van der Waals surface area (Å²) in [5.74, 6) is -0.173. The quantitative estimate of drug-likeness (QED) is 0.592. The Hall–Kier alpha value is -0.610. The molecule has 1 atom stereocenters. The molecule has 0 aliphatic carbocycles. The van der Waals surface area contributed by atoms with Crippen LogP contribution >= 0.6 is 0 Å². The van der Waals surface area contributed by atoms with E-state index in [9.17, 15) is 4.79 Å². The van der Waals surface area contributed by atoms with E-state index >= 15 is 0 Å². The molecule has 4 heteroatoms. The number of amides is 1. The second kappa shape index (κ2) is 5.98. The number of likely N-dealkylation sites (N-methyl/N-ethyl adjacent to an activating group) is 1. The summed E-state index contributed by atoms with van der Waals surface area (Å²) >= 11 is 0. The van der Waals surface area contributed by atoms with Gasteiger partial charge in [-0.3, -0.25) is 9.69 Å². The Morgan fingerprint density at radius 1 is 1.64 bits per heavy atom. The van der Waals surface area contributed by atoms with Gasteiger partial charge in [0.25, 0.3) is 0 Å². The smallest absolute Gasteiger partial charge is 0.217 e. The summed E-state index contributed by atoms with van der Waals surface area (Å²) in [6, 6.07) is 0.669. The Morgan fingerprint density at radius 3 is 3.07 bits per heavy atom. The molecule has 82 valence electrons. The fourth-order valence-electron chi connectivity index (χ4n) is 2.03. The minimum Gasteiger partial charge on any atom is -0.370 e. The van der Waals surface area contributed by atoms with Gasteiger partial charge in [-0.05, 0) is 13.0 Å². The van der Waals surface area contributed by atoms with Crippen molar-refractivity contribution in [3.05, 3.63) is 0 Å². The van der Waals surface area contributed by atoms with Gasteiger partial charge in [0.1, 0.15) is 0 Å². The third kappa shape index (κ3) is 4.07. The maximum Gasteiger partial charge on any atom is 0.217 e. The number of nitrogens with zero attached hydrogens (tertiary/aromatic N) is 1. The molecule has 4 nitrogen and oxygen atoms in total. The summed E-state index contributed by atoms with van der Waals surface area (Å²) in [5.41, 5.74) is 5.10. The van der Waals surface area contributed by atoms with Gasteiger partial charge < -0.3 is 11.1 Å². The molecule has 1 unspecified atom stereocenters. The zero-order valence-electron chi connectivity index (χ0n) is 9.04. The number of hydrogen-bond acceptors (Lipinski definition) is 2. The van der Waals surface area contributed by atoms with Gasteiger partial charge in [-0.1, -0.05) is 6.92 Å². The van der Waals surface area contributed by atoms with E-state index in [0.717, 1.165) is 25.9 Å². The molecule has 0 saturated carbocycles. The number of rotatable bonds is 5. The van der Waals surface area contributed by atoms with Gasteiger partial charge in [0.15, 0.2) is 0 Å². The number of hydrogen-bond donors (Lipinski definition) is 2. The Bertz CT molecular complexity index is 184. The lowest BCUT2D eigenvalue weighted by Gasteiger charge is -2.29. The number of piperazine rings is 1. The fraction of sp³-hybridized carbons (Fsp3) is 0.900. The maximum absolute atomic E-state index is 10.6. The molecule has 1 amide bonds. The van der Waals surface area contributed by atoms with Crippen molar-refractivity contribution < 1.29 is 10.1 Å². The molecule has 1 aliphatic rings. The normalized spacial score (nSPS) is 23.6. The second-order valence-electron chi connectivity index (χ2n) is 4.04. The van der Waals surface area contributed by atoms with Crippen molar-refractivity contribution in [3.63, 3.8) is 0 Å². The predicted octanol–water partition coefficient (Wildman–Crippen LogP) is -1.09. The van der Waals surface area contributed by atoms with Crippen molar-refractivity contribution >= 4 is 5.91 Å². The van der Waals surface area contributed by atoms with Crippen LogP contribution in [0, 0.1) is 0 Å². The minimum atomic E-state index is -0.173. The summed E-state index contributed by atoms with van der Waals surface area (Å²) in [6.07, 6.45) is 2.59. The van der Waals surface area contributed by atoms with E-state index in [0.29, 0.717) is 12.5 Å². The zero-order chi connectivity index (χ0) is 10.4. The Labute approximate surface area is 85.8 Å².